The van der Waals surface area contributed by atoms with Gasteiger partial charge in [0.2, 0.25) is 0 Å². The molecule has 0 heterocycles. The predicted octanol–water partition coefficient (Wildman–Crippen LogP) is 9.89. The van der Waals surface area contributed by atoms with E-state index in [0.29, 0.717) is 17.9 Å². The number of aryl methyl sites for hydroxylation is 2. The van der Waals surface area contributed by atoms with Crippen LogP contribution < -0.4 is 0 Å². The zero-order valence-electron chi connectivity index (χ0n) is 23.2. The maximum Gasteiger partial charge on any atom is 0.119 e. The number of phenols is 2. The van der Waals surface area contributed by atoms with E-state index in [1.807, 2.05) is 24.3 Å². The fraction of sp³-hybridized carbons (Fsp3) is 0.636. The lowest BCUT2D eigenvalue weighted by Gasteiger charge is -2.19. The molecule has 0 bridgehead atoms. The Kier molecular flexibility index (Phi) is 13.9. The Hall–Kier alpha value is -1.96. The number of benzene rings is 2. The SMILES string of the molecule is CCCCCCCCCc1c(C)ccc(O)c1Cc1c(O)ccc(C)c1CCCCCCCCC. The summed E-state index contributed by atoms with van der Waals surface area (Å²) in [5, 5.41) is 21.7. The fourth-order valence-electron chi connectivity index (χ4n) is 5.38. The molecular formula is C33H52O2. The van der Waals surface area contributed by atoms with Crippen molar-refractivity contribution in [2.45, 2.75) is 137 Å². The third kappa shape index (κ3) is 9.90. The number of aromatic hydroxyl groups is 2. The minimum absolute atomic E-state index is 0.372. The minimum atomic E-state index is 0.372. The van der Waals surface area contributed by atoms with Gasteiger partial charge in [-0.2, -0.15) is 0 Å². The lowest BCUT2D eigenvalue weighted by atomic mass is 9.87. The van der Waals surface area contributed by atoms with E-state index in [1.54, 1.807) is 0 Å². The maximum absolute atomic E-state index is 10.9. The van der Waals surface area contributed by atoms with Crippen LogP contribution in [0.25, 0.3) is 0 Å². The van der Waals surface area contributed by atoms with E-state index in [1.165, 1.54) is 99.3 Å². The molecule has 0 fully saturated rings. The van der Waals surface area contributed by atoms with Gasteiger partial charge in [-0.15, -0.1) is 0 Å². The normalized spacial score (nSPS) is 11.3. The quantitative estimate of drug-likeness (QED) is 0.208. The summed E-state index contributed by atoms with van der Waals surface area (Å²) in [6.07, 6.45) is 20.7. The zero-order valence-corrected chi connectivity index (χ0v) is 23.2. The summed E-state index contributed by atoms with van der Waals surface area (Å²) in [5.41, 5.74) is 7.09. The molecule has 0 radical (unpaired) electrons. The molecule has 2 aromatic carbocycles. The van der Waals surface area contributed by atoms with Gasteiger partial charge in [0.05, 0.1) is 0 Å². The van der Waals surface area contributed by atoms with Gasteiger partial charge < -0.3 is 10.2 Å². The number of hydrogen-bond donors (Lipinski definition) is 2. The number of phenolic OH excluding ortho intramolecular Hbond substituents is 2. The van der Waals surface area contributed by atoms with Crippen LogP contribution in [0, 0.1) is 13.8 Å². The Bertz CT molecular complexity index is 796. The Morgan fingerprint density at radius 3 is 1.17 bits per heavy atom. The molecule has 0 saturated heterocycles. The third-order valence-corrected chi connectivity index (χ3v) is 7.70. The number of unbranched alkanes of at least 4 members (excludes halogenated alkanes) is 12. The first kappa shape index (κ1) is 29.3. The lowest BCUT2D eigenvalue weighted by molar-refractivity contribution is 0.460. The second-order valence-corrected chi connectivity index (χ2v) is 10.6. The highest BCUT2D eigenvalue weighted by Gasteiger charge is 2.17. The summed E-state index contributed by atoms with van der Waals surface area (Å²) in [6, 6.07) is 7.76. The highest BCUT2D eigenvalue weighted by molar-refractivity contribution is 5.52. The van der Waals surface area contributed by atoms with Crippen molar-refractivity contribution in [3.05, 3.63) is 57.6 Å². The Morgan fingerprint density at radius 2 is 0.800 bits per heavy atom. The van der Waals surface area contributed by atoms with E-state index in [4.69, 9.17) is 0 Å². The Balaban J connectivity index is 2.09. The van der Waals surface area contributed by atoms with E-state index >= 15 is 0 Å². The first-order valence-corrected chi connectivity index (χ1v) is 14.6. The Morgan fingerprint density at radius 1 is 0.457 bits per heavy atom. The molecule has 2 rings (SSSR count). The monoisotopic (exact) mass is 480 g/mol. The van der Waals surface area contributed by atoms with E-state index in [2.05, 4.69) is 27.7 Å². The topological polar surface area (TPSA) is 40.5 Å². The number of hydrogen-bond acceptors (Lipinski definition) is 2. The van der Waals surface area contributed by atoms with Crippen molar-refractivity contribution in [3.63, 3.8) is 0 Å². The second-order valence-electron chi connectivity index (χ2n) is 10.6. The summed E-state index contributed by atoms with van der Waals surface area (Å²) in [4.78, 5) is 0. The first-order valence-electron chi connectivity index (χ1n) is 14.6. The van der Waals surface area contributed by atoms with E-state index in [0.717, 1.165) is 36.8 Å². The molecule has 2 heteroatoms. The second kappa shape index (κ2) is 16.7. The van der Waals surface area contributed by atoms with Gasteiger partial charge >= 0.3 is 0 Å². The molecule has 2 aromatic rings. The maximum atomic E-state index is 10.9. The summed E-state index contributed by atoms with van der Waals surface area (Å²) in [5.74, 6) is 0.743. The van der Waals surface area contributed by atoms with Gasteiger partial charge in [-0.25, -0.2) is 0 Å². The van der Waals surface area contributed by atoms with Crippen LogP contribution in [0.3, 0.4) is 0 Å². The standard InChI is InChI=1S/C33H52O2/c1-5-7-9-11-13-15-17-19-28-26(3)21-23-32(34)30(28)25-31-29(27(4)22-24-33(31)35)20-18-16-14-12-10-8-6-2/h21-24,34-35H,5-20,25H2,1-4H3. The van der Waals surface area contributed by atoms with Gasteiger partial charge in [-0.1, -0.05) is 103 Å². The summed E-state index contributed by atoms with van der Waals surface area (Å²) in [7, 11) is 0. The van der Waals surface area contributed by atoms with Crippen LogP contribution in [0.2, 0.25) is 0 Å². The first-order chi connectivity index (χ1) is 17.0. The molecule has 0 unspecified atom stereocenters. The highest BCUT2D eigenvalue weighted by atomic mass is 16.3. The van der Waals surface area contributed by atoms with E-state index in [-0.39, 0.29) is 0 Å². The van der Waals surface area contributed by atoms with Crippen LogP contribution in [0.4, 0.5) is 0 Å². The minimum Gasteiger partial charge on any atom is -0.508 e. The van der Waals surface area contributed by atoms with Crippen LogP contribution >= 0.6 is 0 Å². The summed E-state index contributed by atoms with van der Waals surface area (Å²) >= 11 is 0. The molecule has 0 aliphatic heterocycles. The zero-order chi connectivity index (χ0) is 25.5. The molecule has 0 atom stereocenters. The smallest absolute Gasteiger partial charge is 0.119 e. The van der Waals surface area contributed by atoms with Gasteiger partial charge in [0, 0.05) is 17.5 Å². The predicted molar refractivity (Wildman–Crippen MR) is 152 cm³/mol. The molecule has 2 N–H and O–H groups in total. The van der Waals surface area contributed by atoms with Gasteiger partial charge in [0.25, 0.3) is 0 Å². The largest absolute Gasteiger partial charge is 0.508 e. The van der Waals surface area contributed by atoms with Gasteiger partial charge in [0.1, 0.15) is 11.5 Å². The molecule has 196 valence electrons. The molecular weight excluding hydrogens is 428 g/mol. The van der Waals surface area contributed by atoms with Crippen LogP contribution in [0.5, 0.6) is 11.5 Å². The van der Waals surface area contributed by atoms with Gasteiger partial charge in [0.15, 0.2) is 0 Å². The van der Waals surface area contributed by atoms with Gasteiger partial charge in [-0.3, -0.25) is 0 Å². The van der Waals surface area contributed by atoms with Crippen LogP contribution in [-0.4, -0.2) is 10.2 Å². The number of rotatable bonds is 18. The molecule has 0 aliphatic carbocycles. The summed E-state index contributed by atoms with van der Waals surface area (Å²) in [6.45, 7) is 8.85. The molecule has 0 aliphatic rings. The van der Waals surface area contributed by atoms with Crippen LogP contribution in [-0.2, 0) is 19.3 Å². The average Bonchev–Trinajstić information content (AvgIpc) is 2.85. The third-order valence-electron chi connectivity index (χ3n) is 7.70. The van der Waals surface area contributed by atoms with E-state index in [9.17, 15) is 10.2 Å². The fourth-order valence-corrected chi connectivity index (χ4v) is 5.38. The van der Waals surface area contributed by atoms with Crippen molar-refractivity contribution in [1.82, 2.24) is 0 Å². The van der Waals surface area contributed by atoms with Crippen molar-refractivity contribution >= 4 is 0 Å². The summed E-state index contributed by atoms with van der Waals surface area (Å²) < 4.78 is 0. The van der Waals surface area contributed by atoms with Crippen molar-refractivity contribution < 1.29 is 10.2 Å². The Labute approximate surface area is 216 Å². The highest BCUT2D eigenvalue weighted by Crippen LogP contribution is 2.34. The molecule has 0 saturated carbocycles. The molecule has 2 nitrogen and oxygen atoms in total. The molecule has 0 spiro atoms. The van der Waals surface area contributed by atoms with Crippen LogP contribution in [0.15, 0.2) is 24.3 Å². The van der Waals surface area contributed by atoms with Crippen molar-refractivity contribution in [1.29, 1.82) is 0 Å². The molecule has 35 heavy (non-hydrogen) atoms. The molecule has 0 aromatic heterocycles. The average molecular weight is 481 g/mol. The van der Waals surface area contributed by atoms with Crippen molar-refractivity contribution in [2.75, 3.05) is 0 Å². The van der Waals surface area contributed by atoms with E-state index < -0.39 is 0 Å². The van der Waals surface area contributed by atoms with Crippen molar-refractivity contribution in [3.8, 4) is 11.5 Å². The van der Waals surface area contributed by atoms with Crippen molar-refractivity contribution in [2.24, 2.45) is 0 Å². The molecule has 0 amide bonds. The van der Waals surface area contributed by atoms with Gasteiger partial charge in [-0.05, 0) is 73.9 Å². The lowest BCUT2D eigenvalue weighted by Crippen LogP contribution is -2.04. The van der Waals surface area contributed by atoms with Crippen LogP contribution in [0.1, 0.15) is 137 Å².